The van der Waals surface area contributed by atoms with Gasteiger partial charge in [0.15, 0.2) is 0 Å². The van der Waals surface area contributed by atoms with Crippen LogP contribution in [0.3, 0.4) is 0 Å². The molecule has 3 rings (SSSR count). The van der Waals surface area contributed by atoms with E-state index in [1.54, 1.807) is 23.2 Å². The first-order valence-corrected chi connectivity index (χ1v) is 8.07. The van der Waals surface area contributed by atoms with Gasteiger partial charge in [-0.1, -0.05) is 0 Å². The molecule has 0 aliphatic carbocycles. The molecular formula is C16H18N6O3. The molecule has 9 nitrogen and oxygen atoms in total. The first kappa shape index (κ1) is 16.7. The fourth-order valence-corrected chi connectivity index (χ4v) is 2.99. The normalized spacial score (nSPS) is 20.0. The van der Waals surface area contributed by atoms with Crippen LogP contribution in [0.25, 0.3) is 0 Å². The Bertz CT molecular complexity index is 736. The predicted molar refractivity (Wildman–Crippen MR) is 87.4 cm³/mol. The van der Waals surface area contributed by atoms with E-state index in [1.165, 1.54) is 0 Å². The van der Waals surface area contributed by atoms with Crippen molar-refractivity contribution in [2.24, 2.45) is 0 Å². The number of carbonyl (C=O) groups is 3. The first-order chi connectivity index (χ1) is 12.1. The monoisotopic (exact) mass is 342 g/mol. The first-order valence-electron chi connectivity index (χ1n) is 8.07. The van der Waals surface area contributed by atoms with Crippen LogP contribution in [0.1, 0.15) is 18.4 Å². The molecule has 2 N–H and O–H groups in total. The summed E-state index contributed by atoms with van der Waals surface area (Å²) in [5.74, 6) is 0.208. The molecule has 0 radical (unpaired) electrons. The zero-order valence-electron chi connectivity index (χ0n) is 13.6. The molecule has 2 fully saturated rings. The van der Waals surface area contributed by atoms with Gasteiger partial charge in [0.2, 0.25) is 5.91 Å². The number of nitrogens with one attached hydrogen (secondary N) is 2. The number of piperazine rings is 1. The zero-order valence-corrected chi connectivity index (χ0v) is 13.6. The van der Waals surface area contributed by atoms with Gasteiger partial charge in [0.1, 0.15) is 17.9 Å². The lowest BCUT2D eigenvalue weighted by Crippen LogP contribution is -2.49. The van der Waals surface area contributed by atoms with Crippen LogP contribution in [-0.2, 0) is 9.59 Å². The molecule has 0 saturated carbocycles. The minimum Gasteiger partial charge on any atom is -0.352 e. The Morgan fingerprint density at radius 1 is 1.32 bits per heavy atom. The Morgan fingerprint density at radius 2 is 2.08 bits per heavy atom. The van der Waals surface area contributed by atoms with Crippen LogP contribution in [0.5, 0.6) is 0 Å². The summed E-state index contributed by atoms with van der Waals surface area (Å²) in [6.45, 7) is 2.25. The van der Waals surface area contributed by atoms with E-state index in [2.05, 4.69) is 21.7 Å². The second-order valence-corrected chi connectivity index (χ2v) is 5.91. The van der Waals surface area contributed by atoms with E-state index in [4.69, 9.17) is 5.26 Å². The molecule has 4 amide bonds. The molecule has 2 aliphatic heterocycles. The molecular weight excluding hydrogens is 324 g/mol. The maximum atomic E-state index is 12.3. The number of anilines is 1. The van der Waals surface area contributed by atoms with E-state index in [0.29, 0.717) is 37.6 Å². The van der Waals surface area contributed by atoms with Crippen molar-refractivity contribution in [3.05, 3.63) is 23.9 Å². The molecule has 130 valence electrons. The van der Waals surface area contributed by atoms with Gasteiger partial charge in [-0.25, -0.2) is 9.78 Å². The van der Waals surface area contributed by atoms with E-state index in [-0.39, 0.29) is 24.7 Å². The van der Waals surface area contributed by atoms with Crippen molar-refractivity contribution in [1.82, 2.24) is 20.5 Å². The molecule has 0 spiro atoms. The highest BCUT2D eigenvalue weighted by molar-refractivity contribution is 6.04. The highest BCUT2D eigenvalue weighted by atomic mass is 16.2. The summed E-state index contributed by atoms with van der Waals surface area (Å²) < 4.78 is 0. The van der Waals surface area contributed by atoms with Crippen molar-refractivity contribution < 1.29 is 14.4 Å². The number of amides is 4. The average Bonchev–Trinajstić information content (AvgIpc) is 2.97. The maximum Gasteiger partial charge on any atom is 0.322 e. The summed E-state index contributed by atoms with van der Waals surface area (Å²) >= 11 is 0. The highest BCUT2D eigenvalue weighted by Gasteiger charge is 2.30. The van der Waals surface area contributed by atoms with Gasteiger partial charge in [-0.2, -0.15) is 5.26 Å². The van der Waals surface area contributed by atoms with E-state index >= 15 is 0 Å². The van der Waals surface area contributed by atoms with Gasteiger partial charge in [-0.15, -0.1) is 0 Å². The summed E-state index contributed by atoms with van der Waals surface area (Å²) in [6, 6.07) is 4.43. The minimum atomic E-state index is -0.635. The lowest BCUT2D eigenvalue weighted by molar-refractivity contribution is -0.131. The molecule has 3 heterocycles. The Kier molecular flexibility index (Phi) is 4.79. The third-order valence-electron chi connectivity index (χ3n) is 4.34. The number of nitrogens with zero attached hydrogens (tertiary/aromatic N) is 4. The minimum absolute atomic E-state index is 0.0462. The van der Waals surface area contributed by atoms with E-state index < -0.39 is 12.1 Å². The summed E-state index contributed by atoms with van der Waals surface area (Å²) in [4.78, 5) is 42.8. The van der Waals surface area contributed by atoms with E-state index in [9.17, 15) is 14.4 Å². The van der Waals surface area contributed by atoms with Crippen LogP contribution in [0.4, 0.5) is 10.6 Å². The number of pyridine rings is 1. The summed E-state index contributed by atoms with van der Waals surface area (Å²) in [5.41, 5.74) is 0.519. The van der Waals surface area contributed by atoms with Crippen LogP contribution in [0, 0.1) is 11.3 Å². The molecule has 9 heteroatoms. The Labute approximate surface area is 144 Å². The molecule has 2 saturated heterocycles. The highest BCUT2D eigenvalue weighted by Crippen LogP contribution is 2.18. The molecule has 2 aliphatic rings. The van der Waals surface area contributed by atoms with Gasteiger partial charge in [-0.05, 0) is 18.6 Å². The Balaban J connectivity index is 1.50. The number of urea groups is 1. The second-order valence-electron chi connectivity index (χ2n) is 5.91. The summed E-state index contributed by atoms with van der Waals surface area (Å²) in [7, 11) is 0. The number of rotatable bonds is 4. The Morgan fingerprint density at radius 3 is 2.72 bits per heavy atom. The fraction of sp³-hybridized carbons (Fsp3) is 0.438. The number of nitriles is 1. The molecule has 1 aromatic rings. The zero-order chi connectivity index (χ0) is 17.8. The Hall–Kier alpha value is -3.15. The van der Waals surface area contributed by atoms with Gasteiger partial charge in [-0.3, -0.25) is 14.9 Å². The van der Waals surface area contributed by atoms with Crippen LogP contribution < -0.4 is 15.5 Å². The quantitative estimate of drug-likeness (QED) is 0.718. The van der Waals surface area contributed by atoms with Crippen LogP contribution in [-0.4, -0.2) is 60.0 Å². The average molecular weight is 342 g/mol. The van der Waals surface area contributed by atoms with Crippen LogP contribution in [0.15, 0.2) is 18.3 Å². The molecule has 1 atom stereocenters. The largest absolute Gasteiger partial charge is 0.352 e. The van der Waals surface area contributed by atoms with E-state index in [1.807, 2.05) is 4.90 Å². The summed E-state index contributed by atoms with van der Waals surface area (Å²) in [6.07, 6.45) is 2.13. The topological polar surface area (TPSA) is 118 Å². The summed E-state index contributed by atoms with van der Waals surface area (Å²) in [5, 5.41) is 13.8. The van der Waals surface area contributed by atoms with Gasteiger partial charge in [0, 0.05) is 38.8 Å². The van der Waals surface area contributed by atoms with Crippen LogP contribution >= 0.6 is 0 Å². The van der Waals surface area contributed by atoms with E-state index in [0.717, 1.165) is 0 Å². The third kappa shape index (κ3) is 3.68. The van der Waals surface area contributed by atoms with Crippen molar-refractivity contribution in [2.45, 2.75) is 18.9 Å². The second kappa shape index (κ2) is 7.17. The molecule has 25 heavy (non-hydrogen) atoms. The number of carbonyl (C=O) groups excluding carboxylic acids is 3. The smallest absolute Gasteiger partial charge is 0.322 e. The van der Waals surface area contributed by atoms with Crippen molar-refractivity contribution >= 4 is 23.7 Å². The van der Waals surface area contributed by atoms with Gasteiger partial charge < -0.3 is 15.1 Å². The fourth-order valence-electron chi connectivity index (χ4n) is 2.99. The lowest BCUT2D eigenvalue weighted by Gasteiger charge is -2.35. The number of aromatic nitrogens is 1. The maximum absolute atomic E-state index is 12.3. The standard InChI is InChI=1S/C16H18N6O3/c17-10-11-2-1-5-18-14(11)22-8-6-21(7-9-22)13(23)4-3-12-15(24)20-16(25)19-12/h1-2,5,12H,3-4,6-9H2,(H2,19,20,24,25)/t12-/m1/s1. The van der Waals surface area contributed by atoms with Crippen molar-refractivity contribution in [2.75, 3.05) is 31.1 Å². The predicted octanol–water partition coefficient (Wildman–Crippen LogP) is -0.410. The molecule has 0 aromatic carbocycles. The lowest BCUT2D eigenvalue weighted by atomic mass is 10.1. The number of hydrogen-bond donors (Lipinski definition) is 2. The van der Waals surface area contributed by atoms with Crippen molar-refractivity contribution in [1.29, 1.82) is 5.26 Å². The SMILES string of the molecule is N#Cc1cccnc1N1CCN(C(=O)CC[C@H]2NC(=O)NC2=O)CC1. The van der Waals surface area contributed by atoms with Crippen LogP contribution in [0.2, 0.25) is 0 Å². The van der Waals surface area contributed by atoms with Gasteiger partial charge in [0.05, 0.1) is 5.56 Å². The van der Waals surface area contributed by atoms with Crippen molar-refractivity contribution in [3.63, 3.8) is 0 Å². The van der Waals surface area contributed by atoms with Gasteiger partial charge >= 0.3 is 6.03 Å². The van der Waals surface area contributed by atoms with Gasteiger partial charge in [0.25, 0.3) is 5.91 Å². The number of imide groups is 1. The molecule has 1 aromatic heterocycles. The molecule has 0 unspecified atom stereocenters. The molecule has 0 bridgehead atoms. The van der Waals surface area contributed by atoms with Crippen molar-refractivity contribution in [3.8, 4) is 6.07 Å². The number of hydrogen-bond acceptors (Lipinski definition) is 6. The third-order valence-corrected chi connectivity index (χ3v) is 4.34.